The van der Waals surface area contributed by atoms with Crippen LogP contribution in [0.15, 0.2) is 24.8 Å². The average Bonchev–Trinajstić information content (AvgIpc) is 2.90. The first-order valence-electron chi connectivity index (χ1n) is 14.8. The molecule has 200 valence electrons. The lowest BCUT2D eigenvalue weighted by molar-refractivity contribution is -0.144. The number of rotatable bonds is 10. The van der Waals surface area contributed by atoms with Crippen molar-refractivity contribution in [2.75, 3.05) is 0 Å². The normalized spacial score (nSPS) is 30.4. The SMILES string of the molecule is C=CCCc1ccc(OC(=O)C2CCCC3CC(C4CCC(CCCCC)CC4)CCC32)c(F)c1F. The molecule has 3 saturated carbocycles. The topological polar surface area (TPSA) is 26.3 Å². The number of esters is 1. The van der Waals surface area contributed by atoms with E-state index in [2.05, 4.69) is 13.5 Å². The van der Waals surface area contributed by atoms with Gasteiger partial charge in [0.25, 0.3) is 0 Å². The fourth-order valence-electron chi connectivity index (χ4n) is 7.64. The Morgan fingerprint density at radius 3 is 2.50 bits per heavy atom. The Bertz CT molecular complexity index is 873. The molecule has 0 N–H and O–H groups in total. The fourth-order valence-corrected chi connectivity index (χ4v) is 7.64. The van der Waals surface area contributed by atoms with Gasteiger partial charge in [-0.15, -0.1) is 6.58 Å². The zero-order chi connectivity index (χ0) is 25.5. The molecule has 36 heavy (non-hydrogen) atoms. The second-order valence-electron chi connectivity index (χ2n) is 11.9. The summed E-state index contributed by atoms with van der Waals surface area (Å²) >= 11 is 0. The van der Waals surface area contributed by atoms with Crippen molar-refractivity contribution in [3.63, 3.8) is 0 Å². The van der Waals surface area contributed by atoms with E-state index in [9.17, 15) is 13.6 Å². The van der Waals surface area contributed by atoms with E-state index in [0.717, 1.165) is 37.0 Å². The van der Waals surface area contributed by atoms with Crippen LogP contribution in [-0.4, -0.2) is 5.97 Å². The molecule has 0 radical (unpaired) electrons. The minimum Gasteiger partial charge on any atom is -0.423 e. The molecule has 1 aromatic rings. The zero-order valence-corrected chi connectivity index (χ0v) is 22.3. The standard InChI is InChI=1S/C32H46F2O2/c1-3-5-7-9-22-13-15-23(16-14-22)25-17-19-27-26(21-25)11-8-12-28(27)32(35)36-29-20-18-24(10-6-4-2)30(33)31(29)34/h4,18,20,22-23,25-28H,2-3,5-17,19,21H2,1H3. The van der Waals surface area contributed by atoms with Gasteiger partial charge in [-0.25, -0.2) is 4.39 Å². The third kappa shape index (κ3) is 6.58. The molecule has 0 aromatic heterocycles. The maximum absolute atomic E-state index is 14.6. The number of hydrogen-bond donors (Lipinski definition) is 0. The maximum atomic E-state index is 14.6. The van der Waals surface area contributed by atoms with E-state index in [1.54, 1.807) is 6.08 Å². The van der Waals surface area contributed by atoms with Crippen LogP contribution in [0.4, 0.5) is 8.78 Å². The third-order valence-electron chi connectivity index (χ3n) is 9.72. The second kappa shape index (κ2) is 13.2. The van der Waals surface area contributed by atoms with Crippen LogP contribution < -0.4 is 4.74 Å². The van der Waals surface area contributed by atoms with E-state index in [1.807, 2.05) is 0 Å². The summed E-state index contributed by atoms with van der Waals surface area (Å²) < 4.78 is 34.6. The number of hydrogen-bond acceptors (Lipinski definition) is 2. The summed E-state index contributed by atoms with van der Waals surface area (Å²) in [5.41, 5.74) is 0.290. The van der Waals surface area contributed by atoms with Crippen molar-refractivity contribution in [3.05, 3.63) is 42.0 Å². The van der Waals surface area contributed by atoms with Crippen LogP contribution in [0.5, 0.6) is 5.75 Å². The molecule has 2 nitrogen and oxygen atoms in total. The van der Waals surface area contributed by atoms with Gasteiger partial charge in [-0.3, -0.25) is 4.79 Å². The van der Waals surface area contributed by atoms with Gasteiger partial charge in [-0.2, -0.15) is 4.39 Å². The monoisotopic (exact) mass is 500 g/mol. The summed E-state index contributed by atoms with van der Waals surface area (Å²) in [5.74, 6) is 0.702. The van der Waals surface area contributed by atoms with Crippen LogP contribution in [0.2, 0.25) is 0 Å². The van der Waals surface area contributed by atoms with Gasteiger partial charge in [0, 0.05) is 0 Å². The molecule has 0 spiro atoms. The Balaban J connectivity index is 1.31. The van der Waals surface area contributed by atoms with Gasteiger partial charge in [0.05, 0.1) is 5.92 Å². The summed E-state index contributed by atoms with van der Waals surface area (Å²) in [4.78, 5) is 13.1. The van der Waals surface area contributed by atoms with Crippen molar-refractivity contribution < 1.29 is 18.3 Å². The minimum atomic E-state index is -1.05. The first-order chi connectivity index (χ1) is 17.5. The summed E-state index contributed by atoms with van der Waals surface area (Å²) in [7, 11) is 0. The van der Waals surface area contributed by atoms with Crippen LogP contribution in [-0.2, 0) is 11.2 Å². The zero-order valence-electron chi connectivity index (χ0n) is 22.3. The molecular formula is C32H46F2O2. The number of carbonyl (C=O) groups excluding carboxylic acids is 1. The van der Waals surface area contributed by atoms with Crippen LogP contribution >= 0.6 is 0 Å². The molecule has 3 aliphatic rings. The van der Waals surface area contributed by atoms with Gasteiger partial charge in [-0.05, 0) is 92.6 Å². The Kier molecular flexibility index (Phi) is 10.0. The number of benzene rings is 1. The van der Waals surface area contributed by atoms with E-state index in [4.69, 9.17) is 4.74 Å². The molecule has 4 heteroatoms. The molecule has 0 aliphatic heterocycles. The Morgan fingerprint density at radius 1 is 0.972 bits per heavy atom. The highest BCUT2D eigenvalue weighted by Crippen LogP contribution is 2.50. The van der Waals surface area contributed by atoms with Crippen molar-refractivity contribution in [2.45, 2.75) is 110 Å². The highest BCUT2D eigenvalue weighted by atomic mass is 19.2. The lowest BCUT2D eigenvalue weighted by atomic mass is 9.59. The van der Waals surface area contributed by atoms with E-state index in [1.165, 1.54) is 82.8 Å². The van der Waals surface area contributed by atoms with Gasteiger partial charge in [0.1, 0.15) is 0 Å². The van der Waals surface area contributed by atoms with Gasteiger partial charge in [0.15, 0.2) is 11.6 Å². The number of carbonyl (C=O) groups is 1. The molecule has 0 bridgehead atoms. The molecule has 1 aromatic carbocycles. The van der Waals surface area contributed by atoms with Crippen LogP contribution in [0.1, 0.15) is 109 Å². The minimum absolute atomic E-state index is 0.193. The molecule has 4 unspecified atom stereocenters. The quantitative estimate of drug-likeness (QED) is 0.138. The summed E-state index contributed by atoms with van der Waals surface area (Å²) in [6.07, 6.45) is 20.2. The van der Waals surface area contributed by atoms with Gasteiger partial charge >= 0.3 is 5.97 Å². The molecule has 3 fully saturated rings. The van der Waals surface area contributed by atoms with Gasteiger partial charge in [0.2, 0.25) is 5.82 Å². The predicted octanol–water partition coefficient (Wildman–Crippen LogP) is 9.21. The first-order valence-corrected chi connectivity index (χ1v) is 14.8. The van der Waals surface area contributed by atoms with Crippen LogP contribution in [0.3, 0.4) is 0 Å². The maximum Gasteiger partial charge on any atom is 0.314 e. The highest BCUT2D eigenvalue weighted by molar-refractivity contribution is 5.75. The number of ether oxygens (including phenoxy) is 1. The summed E-state index contributed by atoms with van der Waals surface area (Å²) in [6, 6.07) is 2.93. The fraction of sp³-hybridized carbons (Fsp3) is 0.719. The number of halogens is 2. The van der Waals surface area contributed by atoms with Crippen molar-refractivity contribution in [1.29, 1.82) is 0 Å². The van der Waals surface area contributed by atoms with Gasteiger partial charge in [-0.1, -0.05) is 70.4 Å². The summed E-state index contributed by atoms with van der Waals surface area (Å²) in [6.45, 7) is 5.91. The van der Waals surface area contributed by atoms with E-state index in [0.29, 0.717) is 30.2 Å². The smallest absolute Gasteiger partial charge is 0.314 e. The predicted molar refractivity (Wildman–Crippen MR) is 142 cm³/mol. The largest absolute Gasteiger partial charge is 0.423 e. The molecule has 0 heterocycles. The Labute approximate surface area is 217 Å². The second-order valence-corrected chi connectivity index (χ2v) is 11.9. The Morgan fingerprint density at radius 2 is 1.75 bits per heavy atom. The number of aryl methyl sites for hydroxylation is 1. The molecule has 4 rings (SSSR count). The first kappa shape index (κ1) is 27.3. The Hall–Kier alpha value is -1.71. The molecule has 4 atom stereocenters. The lowest BCUT2D eigenvalue weighted by Gasteiger charge is -2.46. The van der Waals surface area contributed by atoms with E-state index in [-0.39, 0.29) is 17.6 Å². The van der Waals surface area contributed by atoms with Crippen molar-refractivity contribution >= 4 is 5.97 Å². The van der Waals surface area contributed by atoms with Crippen LogP contribution in [0, 0.1) is 47.1 Å². The third-order valence-corrected chi connectivity index (χ3v) is 9.72. The molecule has 0 saturated heterocycles. The molecule has 3 aliphatic carbocycles. The lowest BCUT2D eigenvalue weighted by Crippen LogP contribution is -2.40. The number of fused-ring (bicyclic) bond motifs is 1. The number of unbranched alkanes of at least 4 members (excludes halogenated alkanes) is 2. The van der Waals surface area contributed by atoms with Gasteiger partial charge < -0.3 is 4.74 Å². The van der Waals surface area contributed by atoms with E-state index < -0.39 is 11.6 Å². The number of allylic oxidation sites excluding steroid dienone is 1. The summed E-state index contributed by atoms with van der Waals surface area (Å²) in [5, 5.41) is 0. The van der Waals surface area contributed by atoms with Crippen molar-refractivity contribution in [3.8, 4) is 5.75 Å². The van der Waals surface area contributed by atoms with Crippen molar-refractivity contribution in [2.24, 2.45) is 35.5 Å². The average molecular weight is 501 g/mol. The molecular weight excluding hydrogens is 454 g/mol. The van der Waals surface area contributed by atoms with Crippen LogP contribution in [0.25, 0.3) is 0 Å². The molecule has 0 amide bonds. The highest BCUT2D eigenvalue weighted by Gasteiger charge is 2.43. The van der Waals surface area contributed by atoms with E-state index >= 15 is 0 Å². The van der Waals surface area contributed by atoms with Crippen molar-refractivity contribution in [1.82, 2.24) is 0 Å².